The average molecular weight is 415 g/mol. The first kappa shape index (κ1) is 23.1. The van der Waals surface area contributed by atoms with Crippen molar-refractivity contribution in [2.45, 2.75) is 26.3 Å². The minimum Gasteiger partial charge on any atom is -0.493 e. The van der Waals surface area contributed by atoms with Crippen molar-refractivity contribution >= 4 is 11.9 Å². The molecule has 0 radical (unpaired) electrons. The Hall–Kier alpha value is -3.22. The number of benzene rings is 2. The fourth-order valence-corrected chi connectivity index (χ4v) is 3.08. The van der Waals surface area contributed by atoms with Crippen LogP contribution in [-0.4, -0.2) is 39.8 Å². The van der Waals surface area contributed by atoms with E-state index in [4.69, 9.17) is 18.9 Å². The first-order valence-corrected chi connectivity index (χ1v) is 9.71. The van der Waals surface area contributed by atoms with Crippen LogP contribution in [-0.2, 0) is 9.53 Å². The normalized spacial score (nSPS) is 11.5. The molecule has 0 aliphatic rings. The predicted molar refractivity (Wildman–Crippen MR) is 113 cm³/mol. The molecule has 0 aliphatic carbocycles. The summed E-state index contributed by atoms with van der Waals surface area (Å²) in [5, 5.41) is 2.95. The second-order valence-electron chi connectivity index (χ2n) is 7.15. The standard InChI is InChI=1S/C23H29NO6/c1-15(2)11-18(16-9-7-6-8-10-16)24-21(25)14-30-23(26)17-12-19(27-3)22(29-5)20(13-17)28-4/h6-10,12-13,15,18H,11,14H2,1-5H3,(H,24,25)/t18-/m1/s1. The van der Waals surface area contributed by atoms with E-state index in [0.29, 0.717) is 23.2 Å². The minimum absolute atomic E-state index is 0.154. The molecule has 7 nitrogen and oxygen atoms in total. The summed E-state index contributed by atoms with van der Waals surface area (Å²) in [7, 11) is 4.39. The van der Waals surface area contributed by atoms with Gasteiger partial charge in [0.1, 0.15) is 0 Å². The highest BCUT2D eigenvalue weighted by Crippen LogP contribution is 2.38. The first-order chi connectivity index (χ1) is 14.4. The van der Waals surface area contributed by atoms with Gasteiger partial charge in [0.05, 0.1) is 32.9 Å². The molecule has 0 bridgehead atoms. The van der Waals surface area contributed by atoms with Gasteiger partial charge in [-0.3, -0.25) is 4.79 Å². The smallest absolute Gasteiger partial charge is 0.338 e. The zero-order valence-electron chi connectivity index (χ0n) is 18.1. The summed E-state index contributed by atoms with van der Waals surface area (Å²) in [6, 6.07) is 12.5. The van der Waals surface area contributed by atoms with Gasteiger partial charge in [-0.25, -0.2) is 4.79 Å². The molecule has 0 fully saturated rings. The van der Waals surface area contributed by atoms with E-state index in [2.05, 4.69) is 19.2 Å². The van der Waals surface area contributed by atoms with Crippen LogP contribution < -0.4 is 19.5 Å². The molecule has 2 aromatic carbocycles. The minimum atomic E-state index is -0.662. The topological polar surface area (TPSA) is 83.1 Å². The molecule has 0 aliphatic heterocycles. The highest BCUT2D eigenvalue weighted by molar-refractivity contribution is 5.92. The SMILES string of the molecule is COc1cc(C(=O)OCC(=O)N[C@H](CC(C)C)c2ccccc2)cc(OC)c1OC. The Morgan fingerprint density at radius 1 is 0.933 bits per heavy atom. The van der Waals surface area contributed by atoms with Crippen LogP contribution in [0.4, 0.5) is 0 Å². The van der Waals surface area contributed by atoms with Crippen LogP contribution in [0.15, 0.2) is 42.5 Å². The molecule has 2 rings (SSSR count). The van der Waals surface area contributed by atoms with Gasteiger partial charge < -0.3 is 24.3 Å². The van der Waals surface area contributed by atoms with E-state index in [1.165, 1.54) is 33.5 Å². The summed E-state index contributed by atoms with van der Waals surface area (Å²) < 4.78 is 20.9. The Labute approximate surface area is 177 Å². The monoisotopic (exact) mass is 415 g/mol. The maximum atomic E-state index is 12.5. The van der Waals surface area contributed by atoms with Crippen LogP contribution in [0.3, 0.4) is 0 Å². The van der Waals surface area contributed by atoms with Crippen molar-refractivity contribution in [3.8, 4) is 17.2 Å². The molecule has 7 heteroatoms. The third kappa shape index (κ3) is 6.14. The van der Waals surface area contributed by atoms with E-state index in [9.17, 15) is 9.59 Å². The second-order valence-corrected chi connectivity index (χ2v) is 7.15. The van der Waals surface area contributed by atoms with Crippen molar-refractivity contribution in [1.29, 1.82) is 0 Å². The summed E-state index contributed by atoms with van der Waals surface area (Å²) in [5.74, 6) is 0.379. The molecule has 2 aromatic rings. The van der Waals surface area contributed by atoms with Gasteiger partial charge in [0.2, 0.25) is 5.75 Å². The summed E-state index contributed by atoms with van der Waals surface area (Å²) in [4.78, 5) is 24.9. The summed E-state index contributed by atoms with van der Waals surface area (Å²) in [6.45, 7) is 3.79. The number of esters is 1. The number of carbonyl (C=O) groups excluding carboxylic acids is 2. The molecule has 1 amide bonds. The molecule has 0 spiro atoms. The summed E-state index contributed by atoms with van der Waals surface area (Å²) in [6.07, 6.45) is 0.774. The zero-order chi connectivity index (χ0) is 22.1. The number of carbonyl (C=O) groups is 2. The molecular formula is C23H29NO6. The van der Waals surface area contributed by atoms with Crippen molar-refractivity contribution in [2.75, 3.05) is 27.9 Å². The second kappa shape index (κ2) is 11.1. The number of amides is 1. The fraction of sp³-hybridized carbons (Fsp3) is 0.391. The lowest BCUT2D eigenvalue weighted by Gasteiger charge is -2.21. The van der Waals surface area contributed by atoms with Gasteiger partial charge in [-0.15, -0.1) is 0 Å². The first-order valence-electron chi connectivity index (χ1n) is 9.71. The van der Waals surface area contributed by atoms with Gasteiger partial charge in [-0.1, -0.05) is 44.2 Å². The van der Waals surface area contributed by atoms with E-state index < -0.39 is 12.6 Å². The number of hydrogen-bond donors (Lipinski definition) is 1. The maximum Gasteiger partial charge on any atom is 0.338 e. The van der Waals surface area contributed by atoms with Crippen molar-refractivity contribution in [3.05, 3.63) is 53.6 Å². The molecule has 162 valence electrons. The van der Waals surface area contributed by atoms with Gasteiger partial charge >= 0.3 is 5.97 Å². The van der Waals surface area contributed by atoms with Crippen LogP contribution in [0, 0.1) is 5.92 Å². The lowest BCUT2D eigenvalue weighted by atomic mass is 9.97. The van der Waals surface area contributed by atoms with Crippen molar-refractivity contribution in [2.24, 2.45) is 5.92 Å². The Morgan fingerprint density at radius 3 is 2.03 bits per heavy atom. The van der Waals surface area contributed by atoms with Crippen LogP contribution in [0.5, 0.6) is 17.2 Å². The number of nitrogens with one attached hydrogen (secondary N) is 1. The molecule has 30 heavy (non-hydrogen) atoms. The number of ether oxygens (including phenoxy) is 4. The summed E-state index contributed by atoms with van der Waals surface area (Å²) in [5.41, 5.74) is 1.20. The van der Waals surface area contributed by atoms with Crippen LogP contribution in [0.1, 0.15) is 42.2 Å². The van der Waals surface area contributed by atoms with Crippen molar-refractivity contribution in [1.82, 2.24) is 5.32 Å². The number of rotatable bonds is 10. The number of methoxy groups -OCH3 is 3. The lowest BCUT2D eigenvalue weighted by Crippen LogP contribution is -2.33. The Kier molecular flexibility index (Phi) is 8.53. The molecule has 0 saturated heterocycles. The van der Waals surface area contributed by atoms with E-state index in [-0.39, 0.29) is 17.5 Å². The molecule has 0 unspecified atom stereocenters. The average Bonchev–Trinajstić information content (AvgIpc) is 2.76. The molecule has 0 aromatic heterocycles. The molecule has 0 saturated carbocycles. The van der Waals surface area contributed by atoms with Gasteiger partial charge in [-0.2, -0.15) is 0 Å². The van der Waals surface area contributed by atoms with Gasteiger partial charge in [0.25, 0.3) is 5.91 Å². The fourth-order valence-electron chi connectivity index (χ4n) is 3.08. The largest absolute Gasteiger partial charge is 0.493 e. The number of hydrogen-bond acceptors (Lipinski definition) is 6. The van der Waals surface area contributed by atoms with E-state index in [0.717, 1.165) is 12.0 Å². The van der Waals surface area contributed by atoms with Crippen LogP contribution >= 0.6 is 0 Å². The molecule has 0 heterocycles. The van der Waals surface area contributed by atoms with Crippen LogP contribution in [0.25, 0.3) is 0 Å². The Morgan fingerprint density at radius 2 is 1.53 bits per heavy atom. The quantitative estimate of drug-likeness (QED) is 0.595. The highest BCUT2D eigenvalue weighted by Gasteiger charge is 2.20. The predicted octanol–water partition coefficient (Wildman–Crippen LogP) is 3.77. The van der Waals surface area contributed by atoms with Crippen molar-refractivity contribution < 1.29 is 28.5 Å². The highest BCUT2D eigenvalue weighted by atomic mass is 16.5. The summed E-state index contributed by atoms with van der Waals surface area (Å²) >= 11 is 0. The third-order valence-electron chi connectivity index (χ3n) is 4.48. The Bertz CT molecular complexity index is 825. The van der Waals surface area contributed by atoms with E-state index >= 15 is 0 Å². The maximum absolute atomic E-state index is 12.5. The van der Waals surface area contributed by atoms with Gasteiger partial charge in [0.15, 0.2) is 18.1 Å². The lowest BCUT2D eigenvalue weighted by molar-refractivity contribution is -0.125. The molecular weight excluding hydrogens is 386 g/mol. The Balaban J connectivity index is 2.05. The van der Waals surface area contributed by atoms with E-state index in [1.54, 1.807) is 0 Å². The van der Waals surface area contributed by atoms with Gasteiger partial charge in [0, 0.05) is 0 Å². The van der Waals surface area contributed by atoms with E-state index in [1.807, 2.05) is 30.3 Å². The molecule has 1 atom stereocenters. The zero-order valence-corrected chi connectivity index (χ0v) is 18.1. The van der Waals surface area contributed by atoms with Gasteiger partial charge in [-0.05, 0) is 30.0 Å². The third-order valence-corrected chi connectivity index (χ3v) is 4.48. The van der Waals surface area contributed by atoms with Crippen molar-refractivity contribution in [3.63, 3.8) is 0 Å². The van der Waals surface area contributed by atoms with Crippen LogP contribution in [0.2, 0.25) is 0 Å². The molecule has 1 N–H and O–H groups in total.